The zero-order chi connectivity index (χ0) is 31.9. The lowest BCUT2D eigenvalue weighted by Crippen LogP contribution is -2.41. The van der Waals surface area contributed by atoms with Gasteiger partial charge in [-0.3, -0.25) is 9.78 Å². The summed E-state index contributed by atoms with van der Waals surface area (Å²) in [5, 5.41) is 13.0. The Morgan fingerprint density at radius 1 is 1.13 bits per heavy atom. The standard InChI is InChI=1S/C32H32F4N6O3/c1-2-18-11-19(20-4-6-24-21(12-20)13-22(33)16-38-24)3-5-23(18)28(32(34,35)36)45-27-14-26(40-30(37)41-27)42-9-7-31(8-10-42)15-25(29(43)44)39-17-31/h3-6,11-14,16,25,28,39H,2,7-10,15,17H2,1H3,(H,43,44)(H2,37,40,41)/t25-,28+/m0/s1. The molecule has 0 bridgehead atoms. The molecule has 0 saturated carbocycles. The van der Waals surface area contributed by atoms with Crippen LogP contribution in [-0.4, -0.2) is 57.9 Å². The van der Waals surface area contributed by atoms with Crippen molar-refractivity contribution in [1.29, 1.82) is 0 Å². The van der Waals surface area contributed by atoms with Gasteiger partial charge in [0.2, 0.25) is 17.9 Å². The monoisotopic (exact) mass is 624 g/mol. The van der Waals surface area contributed by atoms with E-state index in [0.717, 1.165) is 6.20 Å². The summed E-state index contributed by atoms with van der Waals surface area (Å²) in [5.74, 6) is -1.52. The summed E-state index contributed by atoms with van der Waals surface area (Å²) in [6.07, 6.45) is -3.74. The van der Waals surface area contributed by atoms with Crippen LogP contribution in [0.25, 0.3) is 22.0 Å². The van der Waals surface area contributed by atoms with E-state index >= 15 is 0 Å². The number of carbonyl (C=O) groups is 1. The van der Waals surface area contributed by atoms with Gasteiger partial charge in [-0.1, -0.05) is 31.2 Å². The van der Waals surface area contributed by atoms with Crippen LogP contribution in [0.2, 0.25) is 0 Å². The number of piperidine rings is 1. The molecule has 2 fully saturated rings. The number of nitrogens with zero attached hydrogens (tertiary/aromatic N) is 4. The number of carboxylic acid groups (broad SMARTS) is 1. The molecular weight excluding hydrogens is 592 g/mol. The highest BCUT2D eigenvalue weighted by Crippen LogP contribution is 2.42. The SMILES string of the molecule is CCc1cc(-c2ccc3ncc(F)cc3c2)ccc1[C@@H](Oc1cc(N2CCC3(CC2)CN[C@H](C(=O)O)C3)nc(N)n1)C(F)(F)F. The van der Waals surface area contributed by atoms with Gasteiger partial charge in [0.05, 0.1) is 11.7 Å². The van der Waals surface area contributed by atoms with Crippen LogP contribution in [0.3, 0.4) is 0 Å². The largest absolute Gasteiger partial charge is 0.480 e. The van der Waals surface area contributed by atoms with Crippen molar-refractivity contribution in [3.63, 3.8) is 0 Å². The molecule has 45 heavy (non-hydrogen) atoms. The number of rotatable bonds is 7. The Morgan fingerprint density at radius 2 is 1.87 bits per heavy atom. The first-order chi connectivity index (χ1) is 21.4. The summed E-state index contributed by atoms with van der Waals surface area (Å²) in [5.41, 5.74) is 8.15. The maximum atomic E-state index is 14.6. The summed E-state index contributed by atoms with van der Waals surface area (Å²) in [6, 6.07) is 12.1. The molecule has 2 atom stereocenters. The number of nitrogen functional groups attached to an aromatic ring is 1. The van der Waals surface area contributed by atoms with E-state index in [4.69, 9.17) is 10.5 Å². The predicted molar refractivity (Wildman–Crippen MR) is 160 cm³/mol. The van der Waals surface area contributed by atoms with Crippen LogP contribution < -0.4 is 20.7 Å². The molecule has 0 unspecified atom stereocenters. The average Bonchev–Trinajstić information content (AvgIpc) is 3.42. The van der Waals surface area contributed by atoms with Gasteiger partial charge in [0.1, 0.15) is 17.7 Å². The minimum atomic E-state index is -4.77. The molecular formula is C32H32F4N6O3. The lowest BCUT2D eigenvalue weighted by molar-refractivity contribution is -0.198. The van der Waals surface area contributed by atoms with E-state index in [1.807, 2.05) is 4.90 Å². The number of anilines is 2. The zero-order valence-corrected chi connectivity index (χ0v) is 24.4. The van der Waals surface area contributed by atoms with E-state index in [-0.39, 0.29) is 22.8 Å². The van der Waals surface area contributed by atoms with Gasteiger partial charge in [-0.05, 0) is 66.0 Å². The molecule has 4 heterocycles. The number of benzene rings is 2. The molecule has 2 aromatic heterocycles. The van der Waals surface area contributed by atoms with Crippen molar-refractivity contribution in [2.24, 2.45) is 5.41 Å². The third-order valence-electron chi connectivity index (χ3n) is 8.84. The van der Waals surface area contributed by atoms with E-state index in [1.54, 1.807) is 37.3 Å². The number of alkyl halides is 3. The quantitative estimate of drug-likeness (QED) is 0.222. The van der Waals surface area contributed by atoms with Crippen molar-refractivity contribution in [1.82, 2.24) is 20.3 Å². The molecule has 6 rings (SSSR count). The number of hydrogen-bond donors (Lipinski definition) is 3. The minimum absolute atomic E-state index is 0.0531. The number of hydrogen-bond acceptors (Lipinski definition) is 8. The second-order valence-corrected chi connectivity index (χ2v) is 11.8. The van der Waals surface area contributed by atoms with E-state index in [0.29, 0.717) is 78.7 Å². The van der Waals surface area contributed by atoms with Crippen molar-refractivity contribution in [3.8, 4) is 17.0 Å². The van der Waals surface area contributed by atoms with Crippen LogP contribution in [0.15, 0.2) is 54.7 Å². The first-order valence-corrected chi connectivity index (χ1v) is 14.7. The normalized spacial score (nSPS) is 18.8. The fraction of sp³-hybridized carbons (Fsp3) is 0.375. The highest BCUT2D eigenvalue weighted by Gasteiger charge is 2.45. The summed E-state index contributed by atoms with van der Waals surface area (Å²) in [6.45, 7) is 3.43. The third kappa shape index (κ3) is 6.35. The Kier molecular flexibility index (Phi) is 7.98. The van der Waals surface area contributed by atoms with Gasteiger partial charge < -0.3 is 25.8 Å². The van der Waals surface area contributed by atoms with Crippen molar-refractivity contribution in [2.45, 2.75) is 50.9 Å². The van der Waals surface area contributed by atoms with Crippen molar-refractivity contribution >= 4 is 28.6 Å². The highest BCUT2D eigenvalue weighted by molar-refractivity contribution is 5.84. The number of halogens is 4. The average molecular weight is 625 g/mol. The van der Waals surface area contributed by atoms with Gasteiger partial charge in [0.15, 0.2) is 0 Å². The van der Waals surface area contributed by atoms with Gasteiger partial charge in [-0.2, -0.15) is 23.1 Å². The predicted octanol–water partition coefficient (Wildman–Crippen LogP) is 5.69. The van der Waals surface area contributed by atoms with Gasteiger partial charge in [0.25, 0.3) is 0 Å². The van der Waals surface area contributed by atoms with Crippen LogP contribution in [0.1, 0.15) is 43.4 Å². The number of nitrogens with two attached hydrogens (primary N) is 1. The topological polar surface area (TPSA) is 126 Å². The Balaban J connectivity index is 1.24. The molecule has 4 aromatic rings. The summed E-state index contributed by atoms with van der Waals surface area (Å²) in [7, 11) is 0. The second kappa shape index (κ2) is 11.8. The number of aromatic nitrogens is 3. The molecule has 236 valence electrons. The van der Waals surface area contributed by atoms with E-state index in [1.165, 1.54) is 18.2 Å². The third-order valence-corrected chi connectivity index (χ3v) is 8.84. The Bertz CT molecular complexity index is 1740. The number of aliphatic carboxylic acids is 1. The Hall–Kier alpha value is -4.52. The molecule has 0 amide bonds. The van der Waals surface area contributed by atoms with Crippen LogP contribution in [-0.2, 0) is 11.2 Å². The number of ether oxygens (including phenoxy) is 1. The smallest absolute Gasteiger partial charge is 0.429 e. The minimum Gasteiger partial charge on any atom is -0.480 e. The lowest BCUT2D eigenvalue weighted by Gasteiger charge is -2.39. The maximum Gasteiger partial charge on any atom is 0.429 e. The lowest BCUT2D eigenvalue weighted by atomic mass is 9.76. The highest BCUT2D eigenvalue weighted by atomic mass is 19.4. The van der Waals surface area contributed by atoms with Crippen LogP contribution in [0, 0.1) is 11.2 Å². The van der Waals surface area contributed by atoms with Crippen LogP contribution >= 0.6 is 0 Å². The molecule has 2 saturated heterocycles. The van der Waals surface area contributed by atoms with E-state index in [2.05, 4.69) is 20.3 Å². The van der Waals surface area contributed by atoms with E-state index < -0.39 is 30.1 Å². The number of pyridine rings is 1. The van der Waals surface area contributed by atoms with Crippen molar-refractivity contribution in [3.05, 3.63) is 71.7 Å². The molecule has 4 N–H and O–H groups in total. The number of carboxylic acids is 1. The Morgan fingerprint density at radius 3 is 2.56 bits per heavy atom. The zero-order valence-electron chi connectivity index (χ0n) is 24.4. The number of aryl methyl sites for hydroxylation is 1. The summed E-state index contributed by atoms with van der Waals surface area (Å²) < 4.78 is 63.0. The van der Waals surface area contributed by atoms with Gasteiger partial charge in [0, 0.05) is 36.7 Å². The van der Waals surface area contributed by atoms with Crippen molar-refractivity contribution in [2.75, 3.05) is 30.3 Å². The first-order valence-electron chi connectivity index (χ1n) is 14.7. The fourth-order valence-corrected chi connectivity index (χ4v) is 6.39. The maximum absolute atomic E-state index is 14.6. The molecule has 0 radical (unpaired) electrons. The molecule has 2 aliphatic rings. The van der Waals surface area contributed by atoms with Crippen LogP contribution in [0.4, 0.5) is 29.3 Å². The first kappa shape index (κ1) is 30.5. The van der Waals surface area contributed by atoms with Crippen molar-refractivity contribution < 1.29 is 32.2 Å². The van der Waals surface area contributed by atoms with Gasteiger partial charge in [-0.15, -0.1) is 0 Å². The molecule has 2 aliphatic heterocycles. The van der Waals surface area contributed by atoms with Gasteiger partial charge in [-0.25, -0.2) is 4.39 Å². The summed E-state index contributed by atoms with van der Waals surface area (Å²) in [4.78, 5) is 25.6. The number of nitrogens with one attached hydrogen (secondary N) is 1. The van der Waals surface area contributed by atoms with Crippen LogP contribution in [0.5, 0.6) is 5.88 Å². The Labute approximate surface area is 256 Å². The molecule has 9 nitrogen and oxygen atoms in total. The molecule has 1 spiro atoms. The molecule has 2 aromatic carbocycles. The van der Waals surface area contributed by atoms with E-state index in [9.17, 15) is 27.5 Å². The second-order valence-electron chi connectivity index (χ2n) is 11.8. The summed E-state index contributed by atoms with van der Waals surface area (Å²) >= 11 is 0. The molecule has 0 aliphatic carbocycles. The van der Waals surface area contributed by atoms with Gasteiger partial charge >= 0.3 is 12.1 Å². The molecule has 13 heteroatoms. The fourth-order valence-electron chi connectivity index (χ4n) is 6.39. The number of fused-ring (bicyclic) bond motifs is 1.